The van der Waals surface area contributed by atoms with E-state index in [2.05, 4.69) is 4.98 Å². The molecular weight excluding hydrogens is 242 g/mol. The Labute approximate surface area is 113 Å². The largest absolute Gasteiger partial charge is 0.475 e. The van der Waals surface area contributed by atoms with E-state index in [0.29, 0.717) is 23.4 Å². The Bertz CT molecular complexity index is 454. The molecule has 2 fully saturated rings. The highest BCUT2D eigenvalue weighted by Crippen LogP contribution is 2.42. The van der Waals surface area contributed by atoms with Crippen LogP contribution in [0.15, 0.2) is 4.42 Å². The van der Waals surface area contributed by atoms with E-state index in [1.807, 2.05) is 0 Å². The third-order valence-electron chi connectivity index (χ3n) is 4.28. The average molecular weight is 263 g/mol. The predicted octanol–water partition coefficient (Wildman–Crippen LogP) is 4.08. The van der Waals surface area contributed by atoms with Crippen molar-refractivity contribution in [3.63, 3.8) is 0 Å². The van der Waals surface area contributed by atoms with Crippen molar-refractivity contribution in [2.45, 2.75) is 69.6 Å². The predicted molar refractivity (Wildman–Crippen MR) is 70.5 cm³/mol. The molecule has 0 amide bonds. The highest BCUT2D eigenvalue weighted by atomic mass is 16.4. The molecule has 4 heteroatoms. The summed E-state index contributed by atoms with van der Waals surface area (Å²) in [5.41, 5.74) is 0.699. The molecule has 0 spiro atoms. The van der Waals surface area contributed by atoms with E-state index in [4.69, 9.17) is 4.42 Å². The van der Waals surface area contributed by atoms with Gasteiger partial charge in [-0.05, 0) is 25.7 Å². The number of carboxylic acids is 1. The molecule has 19 heavy (non-hydrogen) atoms. The molecule has 0 atom stereocenters. The molecule has 0 aromatic carbocycles. The van der Waals surface area contributed by atoms with Crippen molar-refractivity contribution in [3.8, 4) is 0 Å². The number of nitrogens with zero attached hydrogens (tertiary/aromatic N) is 1. The lowest BCUT2D eigenvalue weighted by Gasteiger charge is -2.16. The van der Waals surface area contributed by atoms with Crippen LogP contribution in [-0.4, -0.2) is 16.1 Å². The maximum Gasteiger partial charge on any atom is 0.373 e. The summed E-state index contributed by atoms with van der Waals surface area (Å²) < 4.78 is 5.60. The second kappa shape index (κ2) is 5.35. The second-order valence-electron chi connectivity index (χ2n) is 5.89. The average Bonchev–Trinajstić information content (AvgIpc) is 3.08. The highest BCUT2D eigenvalue weighted by molar-refractivity contribution is 5.86. The quantitative estimate of drug-likeness (QED) is 0.892. The fraction of sp³-hybridized carbons (Fsp3) is 0.733. The number of rotatable bonds is 3. The smallest absolute Gasteiger partial charge is 0.373 e. The van der Waals surface area contributed by atoms with Crippen molar-refractivity contribution in [2.75, 3.05) is 0 Å². The van der Waals surface area contributed by atoms with E-state index in [9.17, 15) is 9.90 Å². The first kappa shape index (κ1) is 12.7. The lowest BCUT2D eigenvalue weighted by Crippen LogP contribution is -2.02. The number of carboxylic acid groups (broad SMARTS) is 1. The topological polar surface area (TPSA) is 63.3 Å². The Morgan fingerprint density at radius 1 is 1.00 bits per heavy atom. The Morgan fingerprint density at radius 3 is 2.21 bits per heavy atom. The molecule has 2 aliphatic rings. The van der Waals surface area contributed by atoms with Gasteiger partial charge in [-0.15, -0.1) is 0 Å². The van der Waals surface area contributed by atoms with Crippen molar-refractivity contribution in [3.05, 3.63) is 17.3 Å². The molecule has 1 aromatic heterocycles. The first-order chi connectivity index (χ1) is 9.25. The minimum Gasteiger partial charge on any atom is -0.475 e. The maximum atomic E-state index is 11.2. The Balaban J connectivity index is 1.82. The van der Waals surface area contributed by atoms with Gasteiger partial charge in [0.1, 0.15) is 0 Å². The zero-order chi connectivity index (χ0) is 13.2. The summed E-state index contributed by atoms with van der Waals surface area (Å²) in [7, 11) is 0. The minimum absolute atomic E-state index is 0.0968. The van der Waals surface area contributed by atoms with Gasteiger partial charge in [-0.2, -0.15) is 0 Å². The van der Waals surface area contributed by atoms with Crippen molar-refractivity contribution in [1.29, 1.82) is 0 Å². The molecule has 0 aliphatic heterocycles. The highest BCUT2D eigenvalue weighted by Gasteiger charge is 2.34. The summed E-state index contributed by atoms with van der Waals surface area (Å²) in [6.45, 7) is 0. The van der Waals surface area contributed by atoms with Crippen LogP contribution in [0.25, 0.3) is 0 Å². The van der Waals surface area contributed by atoms with Crippen molar-refractivity contribution in [1.82, 2.24) is 4.98 Å². The van der Waals surface area contributed by atoms with E-state index in [-0.39, 0.29) is 5.76 Å². The zero-order valence-electron chi connectivity index (χ0n) is 11.2. The third-order valence-corrected chi connectivity index (χ3v) is 4.28. The van der Waals surface area contributed by atoms with Gasteiger partial charge in [-0.25, -0.2) is 9.78 Å². The number of carbonyl (C=O) groups is 1. The van der Waals surface area contributed by atoms with Gasteiger partial charge in [0, 0.05) is 11.8 Å². The van der Waals surface area contributed by atoms with E-state index >= 15 is 0 Å². The van der Waals surface area contributed by atoms with E-state index < -0.39 is 5.97 Å². The van der Waals surface area contributed by atoms with Gasteiger partial charge < -0.3 is 9.52 Å². The molecule has 1 heterocycles. The van der Waals surface area contributed by atoms with Gasteiger partial charge in [0.2, 0.25) is 5.76 Å². The molecule has 1 aromatic rings. The summed E-state index contributed by atoms with van der Waals surface area (Å²) in [4.78, 5) is 15.8. The summed E-state index contributed by atoms with van der Waals surface area (Å²) in [5, 5.41) is 9.22. The molecule has 3 rings (SSSR count). The molecule has 1 N–H and O–H groups in total. The van der Waals surface area contributed by atoms with Crippen LogP contribution in [0.5, 0.6) is 0 Å². The van der Waals surface area contributed by atoms with Crippen LogP contribution >= 0.6 is 0 Å². The lowest BCUT2D eigenvalue weighted by molar-refractivity contribution is 0.0657. The second-order valence-corrected chi connectivity index (χ2v) is 5.89. The Kier molecular flexibility index (Phi) is 3.58. The maximum absolute atomic E-state index is 11.2. The summed E-state index contributed by atoms with van der Waals surface area (Å²) >= 11 is 0. The standard InChI is InChI=1S/C15H21NO3/c17-15(18)13-12(10-8-9-10)16-14(19-13)11-6-4-2-1-3-5-7-11/h10-11H,1-9H2,(H,17,18). The molecule has 2 saturated carbocycles. The number of hydrogen-bond acceptors (Lipinski definition) is 3. The number of oxazole rings is 1. The minimum atomic E-state index is -0.966. The zero-order valence-corrected chi connectivity index (χ0v) is 11.2. The molecule has 0 bridgehead atoms. The molecular formula is C15H21NO3. The van der Waals surface area contributed by atoms with Crippen LogP contribution in [0.2, 0.25) is 0 Å². The lowest BCUT2D eigenvalue weighted by atomic mass is 9.91. The van der Waals surface area contributed by atoms with Gasteiger partial charge in [-0.1, -0.05) is 32.1 Å². The number of hydrogen-bond donors (Lipinski definition) is 1. The van der Waals surface area contributed by atoms with Gasteiger partial charge in [0.05, 0.1) is 5.69 Å². The van der Waals surface area contributed by atoms with Gasteiger partial charge >= 0.3 is 5.97 Å². The van der Waals surface area contributed by atoms with Crippen LogP contribution in [0.1, 0.15) is 91.8 Å². The van der Waals surface area contributed by atoms with E-state index in [1.165, 1.54) is 32.1 Å². The first-order valence-corrected chi connectivity index (χ1v) is 7.49. The molecule has 0 saturated heterocycles. The van der Waals surface area contributed by atoms with E-state index in [1.54, 1.807) is 0 Å². The van der Waals surface area contributed by atoms with Crippen molar-refractivity contribution >= 4 is 5.97 Å². The Morgan fingerprint density at radius 2 is 1.63 bits per heavy atom. The molecule has 0 radical (unpaired) electrons. The van der Waals surface area contributed by atoms with Crippen LogP contribution < -0.4 is 0 Å². The van der Waals surface area contributed by atoms with Gasteiger partial charge in [-0.3, -0.25) is 0 Å². The summed E-state index contributed by atoms with van der Waals surface area (Å²) in [6, 6.07) is 0. The first-order valence-electron chi connectivity index (χ1n) is 7.49. The van der Waals surface area contributed by atoms with Crippen molar-refractivity contribution < 1.29 is 14.3 Å². The van der Waals surface area contributed by atoms with Crippen molar-refractivity contribution in [2.24, 2.45) is 0 Å². The third kappa shape index (κ3) is 2.82. The molecule has 4 nitrogen and oxygen atoms in total. The Hall–Kier alpha value is -1.32. The SMILES string of the molecule is O=C(O)c1oc(C2CCCCCCC2)nc1C1CC1. The van der Waals surface area contributed by atoms with Crippen LogP contribution in [0, 0.1) is 0 Å². The number of aromatic nitrogens is 1. The molecule has 104 valence electrons. The van der Waals surface area contributed by atoms with E-state index in [0.717, 1.165) is 25.7 Å². The molecule has 0 unspecified atom stereocenters. The fourth-order valence-corrected chi connectivity index (χ4v) is 3.01. The van der Waals surface area contributed by atoms with Crippen LogP contribution in [0.4, 0.5) is 0 Å². The fourth-order valence-electron chi connectivity index (χ4n) is 3.01. The normalized spacial score (nSPS) is 21.9. The van der Waals surface area contributed by atoms with Crippen LogP contribution in [-0.2, 0) is 0 Å². The summed E-state index contributed by atoms with van der Waals surface area (Å²) in [5.74, 6) is 0.468. The van der Waals surface area contributed by atoms with Crippen LogP contribution in [0.3, 0.4) is 0 Å². The van der Waals surface area contributed by atoms with Gasteiger partial charge in [0.25, 0.3) is 0 Å². The van der Waals surface area contributed by atoms with Gasteiger partial charge in [0.15, 0.2) is 5.89 Å². The molecule has 2 aliphatic carbocycles. The monoisotopic (exact) mass is 263 g/mol. The summed E-state index contributed by atoms with van der Waals surface area (Å²) in [6.07, 6.45) is 10.6. The number of aromatic carboxylic acids is 1.